The molecule has 22 heavy (non-hydrogen) atoms. The first kappa shape index (κ1) is 16.5. The number of nitrogens with zero attached hydrogens (tertiary/aromatic N) is 2. The first-order chi connectivity index (χ1) is 10.3. The van der Waals surface area contributed by atoms with Crippen LogP contribution in [0.4, 0.5) is 0 Å². The molecule has 0 saturated heterocycles. The third-order valence-corrected chi connectivity index (χ3v) is 3.35. The lowest BCUT2D eigenvalue weighted by Crippen LogP contribution is -2.34. The Morgan fingerprint density at radius 2 is 2.05 bits per heavy atom. The van der Waals surface area contributed by atoms with Crippen LogP contribution in [0.15, 0.2) is 24.3 Å². The summed E-state index contributed by atoms with van der Waals surface area (Å²) < 4.78 is 12.9. The van der Waals surface area contributed by atoms with Crippen molar-refractivity contribution in [2.75, 3.05) is 0 Å². The van der Waals surface area contributed by atoms with Gasteiger partial charge in [-0.25, -0.2) is 9.48 Å². The molecule has 0 fully saturated rings. The normalized spacial score (nSPS) is 12.2. The van der Waals surface area contributed by atoms with Crippen LogP contribution < -0.4 is 0 Å². The fourth-order valence-electron chi connectivity index (χ4n) is 1.93. The molecule has 0 aliphatic carbocycles. The van der Waals surface area contributed by atoms with Gasteiger partial charge in [0.1, 0.15) is 6.73 Å². The average molecular weight is 306 g/mol. The van der Waals surface area contributed by atoms with Crippen molar-refractivity contribution in [2.24, 2.45) is 0 Å². The van der Waals surface area contributed by atoms with Gasteiger partial charge in [0, 0.05) is 5.39 Å². The van der Waals surface area contributed by atoms with E-state index in [1.54, 1.807) is 4.68 Å². The predicted octanol–water partition coefficient (Wildman–Crippen LogP) is 2.80. The summed E-state index contributed by atoms with van der Waals surface area (Å²) in [5.41, 5.74) is 0.395. The van der Waals surface area contributed by atoms with Crippen molar-refractivity contribution < 1.29 is 19.4 Å². The highest BCUT2D eigenvalue weighted by molar-refractivity contribution is 5.82. The highest BCUT2D eigenvalue weighted by atomic mass is 16.5. The maximum atomic E-state index is 11.1. The van der Waals surface area contributed by atoms with E-state index in [1.165, 1.54) is 13.8 Å². The van der Waals surface area contributed by atoms with Crippen LogP contribution in [0.5, 0.6) is 0 Å². The molecule has 0 bridgehead atoms. The van der Waals surface area contributed by atoms with Gasteiger partial charge in [-0.2, -0.15) is 5.10 Å². The van der Waals surface area contributed by atoms with Crippen LogP contribution in [0.1, 0.15) is 33.4 Å². The summed E-state index contributed by atoms with van der Waals surface area (Å²) in [6, 6.07) is 7.75. The molecule has 6 nitrogen and oxygen atoms in total. The third kappa shape index (κ3) is 3.64. The summed E-state index contributed by atoms with van der Waals surface area (Å²) in [7, 11) is 0. The average Bonchev–Trinajstić information content (AvgIpc) is 2.81. The summed E-state index contributed by atoms with van der Waals surface area (Å²) in [6.45, 7) is 7.46. The number of benzene rings is 1. The summed E-state index contributed by atoms with van der Waals surface area (Å²) in [6.07, 6.45) is 0.105. The van der Waals surface area contributed by atoms with Gasteiger partial charge in [-0.3, -0.25) is 0 Å². The highest BCUT2D eigenvalue weighted by Gasteiger charge is 2.28. The summed E-state index contributed by atoms with van der Waals surface area (Å²) in [4.78, 5) is 11.1. The molecule has 2 aromatic rings. The number of ether oxygens (including phenoxy) is 2. The molecule has 0 radical (unpaired) electrons. The van der Waals surface area contributed by atoms with Crippen molar-refractivity contribution in [1.29, 1.82) is 0 Å². The zero-order chi connectivity index (χ0) is 16.3. The van der Waals surface area contributed by atoms with Gasteiger partial charge in [0.25, 0.3) is 0 Å². The lowest BCUT2D eigenvalue weighted by Gasteiger charge is -2.19. The summed E-state index contributed by atoms with van der Waals surface area (Å²) >= 11 is 0. The Balaban J connectivity index is 2.24. The Kier molecular flexibility index (Phi) is 4.83. The molecule has 2 rings (SSSR count). The van der Waals surface area contributed by atoms with Crippen molar-refractivity contribution in [3.8, 4) is 0 Å². The predicted molar refractivity (Wildman–Crippen MR) is 82.5 cm³/mol. The maximum absolute atomic E-state index is 11.1. The van der Waals surface area contributed by atoms with Crippen molar-refractivity contribution >= 4 is 16.9 Å². The molecule has 0 amide bonds. The van der Waals surface area contributed by atoms with E-state index in [0.29, 0.717) is 12.4 Å². The first-order valence-electron chi connectivity index (χ1n) is 7.24. The lowest BCUT2D eigenvalue weighted by atomic mass is 10.1. The zero-order valence-electron chi connectivity index (χ0n) is 13.4. The van der Waals surface area contributed by atoms with Crippen LogP contribution in [0.2, 0.25) is 0 Å². The Hall–Kier alpha value is -1.92. The standard InChI is InChI=1S/C16H22N2O4/c1-11(2)21-10-18-14-8-6-5-7-12(14)13(17-18)9-22-16(3,4)15(19)20/h5-8,11H,9-10H2,1-4H3,(H,19,20). The van der Waals surface area contributed by atoms with Crippen molar-refractivity contribution in [1.82, 2.24) is 9.78 Å². The van der Waals surface area contributed by atoms with Gasteiger partial charge in [-0.05, 0) is 33.8 Å². The van der Waals surface area contributed by atoms with Crippen LogP contribution in [0, 0.1) is 0 Å². The van der Waals surface area contributed by atoms with Crippen molar-refractivity contribution in [2.45, 2.75) is 52.7 Å². The molecule has 6 heteroatoms. The molecule has 0 saturated carbocycles. The zero-order valence-corrected chi connectivity index (χ0v) is 13.4. The second kappa shape index (κ2) is 6.46. The Bertz CT molecular complexity index is 661. The minimum absolute atomic E-state index is 0.105. The highest BCUT2D eigenvalue weighted by Crippen LogP contribution is 2.21. The number of carboxylic acids is 1. The molecule has 1 aromatic heterocycles. The molecular weight excluding hydrogens is 284 g/mol. The number of carbonyl (C=O) groups is 1. The van der Waals surface area contributed by atoms with Gasteiger partial charge in [0.15, 0.2) is 5.60 Å². The van der Waals surface area contributed by atoms with Gasteiger partial charge in [-0.15, -0.1) is 0 Å². The van der Waals surface area contributed by atoms with E-state index in [-0.39, 0.29) is 12.7 Å². The molecule has 1 N–H and O–H groups in total. The van der Waals surface area contributed by atoms with E-state index in [4.69, 9.17) is 14.6 Å². The molecule has 1 heterocycles. The first-order valence-corrected chi connectivity index (χ1v) is 7.24. The van der Waals surface area contributed by atoms with Gasteiger partial charge >= 0.3 is 5.97 Å². The Morgan fingerprint density at radius 1 is 1.36 bits per heavy atom. The topological polar surface area (TPSA) is 73.6 Å². The largest absolute Gasteiger partial charge is 0.479 e. The quantitative estimate of drug-likeness (QED) is 0.851. The maximum Gasteiger partial charge on any atom is 0.335 e. The van der Waals surface area contributed by atoms with Crippen molar-refractivity contribution in [3.05, 3.63) is 30.0 Å². The molecule has 120 valence electrons. The van der Waals surface area contributed by atoms with Crippen LogP contribution in [0.3, 0.4) is 0 Å². The number of para-hydroxylation sites is 1. The fraction of sp³-hybridized carbons (Fsp3) is 0.500. The molecule has 0 aliphatic rings. The Morgan fingerprint density at radius 3 is 2.68 bits per heavy atom. The van der Waals surface area contributed by atoms with Crippen LogP contribution in [-0.2, 0) is 27.6 Å². The van der Waals surface area contributed by atoms with Crippen LogP contribution in [0.25, 0.3) is 10.9 Å². The molecular formula is C16H22N2O4. The summed E-state index contributed by atoms with van der Waals surface area (Å²) in [5.74, 6) is -1.00. The summed E-state index contributed by atoms with van der Waals surface area (Å²) in [5, 5.41) is 14.6. The van der Waals surface area contributed by atoms with Gasteiger partial charge < -0.3 is 14.6 Å². The SMILES string of the molecule is CC(C)OCn1nc(COC(C)(C)C(=O)O)c2ccccc21. The van der Waals surface area contributed by atoms with E-state index in [0.717, 1.165) is 10.9 Å². The second-order valence-electron chi connectivity index (χ2n) is 5.91. The smallest absolute Gasteiger partial charge is 0.335 e. The molecule has 0 unspecified atom stereocenters. The van der Waals surface area contributed by atoms with Crippen LogP contribution >= 0.6 is 0 Å². The van der Waals surface area contributed by atoms with Gasteiger partial charge in [0.2, 0.25) is 0 Å². The minimum Gasteiger partial charge on any atom is -0.479 e. The number of hydrogen-bond donors (Lipinski definition) is 1. The molecule has 0 aliphatic heterocycles. The van der Waals surface area contributed by atoms with E-state index in [9.17, 15) is 4.79 Å². The number of hydrogen-bond acceptors (Lipinski definition) is 4. The number of aromatic nitrogens is 2. The van der Waals surface area contributed by atoms with E-state index >= 15 is 0 Å². The van der Waals surface area contributed by atoms with E-state index in [1.807, 2.05) is 38.1 Å². The lowest BCUT2D eigenvalue weighted by molar-refractivity contribution is -0.162. The Labute approximate surface area is 129 Å². The molecule has 1 aromatic carbocycles. The second-order valence-corrected chi connectivity index (χ2v) is 5.91. The molecule has 0 spiro atoms. The van der Waals surface area contributed by atoms with E-state index in [2.05, 4.69) is 5.10 Å². The number of fused-ring (bicyclic) bond motifs is 1. The minimum atomic E-state index is -1.25. The molecule has 0 atom stereocenters. The number of rotatable bonds is 7. The van der Waals surface area contributed by atoms with Crippen LogP contribution in [-0.4, -0.2) is 32.6 Å². The number of aliphatic carboxylic acids is 1. The fourth-order valence-corrected chi connectivity index (χ4v) is 1.93. The third-order valence-electron chi connectivity index (χ3n) is 3.35. The van der Waals surface area contributed by atoms with E-state index < -0.39 is 11.6 Å². The van der Waals surface area contributed by atoms with Gasteiger partial charge in [0.05, 0.1) is 23.9 Å². The van der Waals surface area contributed by atoms with Crippen molar-refractivity contribution in [3.63, 3.8) is 0 Å². The monoisotopic (exact) mass is 306 g/mol. The number of carboxylic acid groups (broad SMARTS) is 1. The van der Waals surface area contributed by atoms with Gasteiger partial charge in [-0.1, -0.05) is 18.2 Å².